The molecule has 7 nitrogen and oxygen atoms in total. The van der Waals surface area contributed by atoms with Gasteiger partial charge in [-0.25, -0.2) is 4.98 Å². The molecule has 1 N–H and O–H groups in total. The summed E-state index contributed by atoms with van der Waals surface area (Å²) in [7, 11) is 0. The predicted octanol–water partition coefficient (Wildman–Crippen LogP) is 2.57. The number of fused-ring (bicyclic) bond motifs is 1. The van der Waals surface area contributed by atoms with Gasteiger partial charge in [0.2, 0.25) is 5.91 Å². The SMILES string of the molecule is CCC1C(=O)NCCN1C(=O)c1cccc(OCc2cn3cc(C)ccc3n2)c1. The number of aryl methyl sites for hydroxylation is 1. The van der Waals surface area contributed by atoms with Crippen molar-refractivity contribution < 1.29 is 14.3 Å². The Labute approximate surface area is 169 Å². The van der Waals surface area contributed by atoms with E-state index in [4.69, 9.17) is 4.74 Å². The summed E-state index contributed by atoms with van der Waals surface area (Å²) < 4.78 is 7.85. The number of benzene rings is 1. The minimum atomic E-state index is -0.428. The van der Waals surface area contributed by atoms with Gasteiger partial charge in [-0.15, -0.1) is 0 Å². The molecule has 3 heterocycles. The van der Waals surface area contributed by atoms with Crippen LogP contribution in [-0.2, 0) is 11.4 Å². The van der Waals surface area contributed by atoms with Crippen LogP contribution >= 0.6 is 0 Å². The Bertz CT molecular complexity index is 1060. The maximum absolute atomic E-state index is 13.0. The van der Waals surface area contributed by atoms with E-state index in [1.807, 2.05) is 48.8 Å². The fourth-order valence-electron chi connectivity index (χ4n) is 3.63. The molecule has 1 fully saturated rings. The fraction of sp³-hybridized carbons (Fsp3) is 0.318. The van der Waals surface area contributed by atoms with Crippen LogP contribution in [0.25, 0.3) is 5.65 Å². The third-order valence-electron chi connectivity index (χ3n) is 5.09. The minimum Gasteiger partial charge on any atom is -0.487 e. The van der Waals surface area contributed by atoms with E-state index in [2.05, 4.69) is 10.3 Å². The van der Waals surface area contributed by atoms with Crippen LogP contribution in [-0.4, -0.2) is 45.2 Å². The number of piperazine rings is 1. The van der Waals surface area contributed by atoms with Gasteiger partial charge in [0.25, 0.3) is 5.91 Å². The average molecular weight is 392 g/mol. The van der Waals surface area contributed by atoms with Gasteiger partial charge in [0.15, 0.2) is 0 Å². The van der Waals surface area contributed by atoms with Gasteiger partial charge in [-0.05, 0) is 43.2 Å². The van der Waals surface area contributed by atoms with E-state index in [0.717, 1.165) is 16.9 Å². The zero-order valence-corrected chi connectivity index (χ0v) is 16.6. The number of nitrogens with one attached hydrogen (secondary N) is 1. The topological polar surface area (TPSA) is 75.9 Å². The van der Waals surface area contributed by atoms with E-state index in [1.165, 1.54) is 0 Å². The lowest BCUT2D eigenvalue weighted by molar-refractivity contribution is -0.127. The molecule has 1 saturated heterocycles. The molecule has 7 heteroatoms. The van der Waals surface area contributed by atoms with Gasteiger partial charge < -0.3 is 19.4 Å². The second-order valence-corrected chi connectivity index (χ2v) is 7.23. The van der Waals surface area contributed by atoms with Gasteiger partial charge in [0, 0.05) is 31.0 Å². The van der Waals surface area contributed by atoms with Gasteiger partial charge in [-0.2, -0.15) is 0 Å². The van der Waals surface area contributed by atoms with Gasteiger partial charge in [0.05, 0.1) is 5.69 Å². The number of ether oxygens (including phenoxy) is 1. The van der Waals surface area contributed by atoms with Crippen molar-refractivity contribution >= 4 is 17.5 Å². The number of rotatable bonds is 5. The van der Waals surface area contributed by atoms with Crippen LogP contribution in [0.1, 0.15) is 35.0 Å². The average Bonchev–Trinajstić information content (AvgIpc) is 3.13. The smallest absolute Gasteiger partial charge is 0.254 e. The Balaban J connectivity index is 1.47. The Kier molecular flexibility index (Phi) is 5.20. The standard InChI is InChI=1S/C22H24N4O3/c1-3-19-21(27)23-9-10-26(19)22(28)16-5-4-6-18(11-16)29-14-17-13-25-12-15(2)7-8-20(25)24-17/h4-8,11-13,19H,3,9-10,14H2,1-2H3,(H,23,27). The number of carbonyl (C=O) groups is 2. The molecule has 1 aliphatic heterocycles. The highest BCUT2D eigenvalue weighted by Gasteiger charge is 2.32. The molecular weight excluding hydrogens is 368 g/mol. The van der Waals surface area contributed by atoms with Crippen molar-refractivity contribution in [3.05, 3.63) is 65.6 Å². The van der Waals surface area contributed by atoms with E-state index >= 15 is 0 Å². The number of nitrogens with zero attached hydrogens (tertiary/aromatic N) is 3. The number of aromatic nitrogens is 2. The number of pyridine rings is 1. The largest absolute Gasteiger partial charge is 0.487 e. The highest BCUT2D eigenvalue weighted by molar-refractivity contribution is 5.98. The summed E-state index contributed by atoms with van der Waals surface area (Å²) in [5.41, 5.74) is 3.35. The molecule has 29 heavy (non-hydrogen) atoms. The molecule has 150 valence electrons. The maximum Gasteiger partial charge on any atom is 0.254 e. The third-order valence-corrected chi connectivity index (χ3v) is 5.09. The summed E-state index contributed by atoms with van der Waals surface area (Å²) in [4.78, 5) is 31.2. The molecule has 2 amide bonds. The zero-order valence-electron chi connectivity index (χ0n) is 16.6. The lowest BCUT2D eigenvalue weighted by atomic mass is 10.1. The molecule has 3 aromatic rings. The Morgan fingerprint density at radius 2 is 2.14 bits per heavy atom. The highest BCUT2D eigenvalue weighted by Crippen LogP contribution is 2.19. The Morgan fingerprint density at radius 3 is 2.97 bits per heavy atom. The number of hydrogen-bond donors (Lipinski definition) is 1. The summed E-state index contributed by atoms with van der Waals surface area (Å²) in [6, 6.07) is 10.6. The van der Waals surface area contributed by atoms with Crippen molar-refractivity contribution in [2.45, 2.75) is 32.9 Å². The van der Waals surface area contributed by atoms with Gasteiger partial charge in [-0.3, -0.25) is 9.59 Å². The van der Waals surface area contributed by atoms with Crippen molar-refractivity contribution in [1.29, 1.82) is 0 Å². The summed E-state index contributed by atoms with van der Waals surface area (Å²) in [5.74, 6) is 0.348. The van der Waals surface area contributed by atoms with E-state index in [9.17, 15) is 9.59 Å². The second-order valence-electron chi connectivity index (χ2n) is 7.23. The molecule has 2 aromatic heterocycles. The van der Waals surface area contributed by atoms with Crippen LogP contribution < -0.4 is 10.1 Å². The van der Waals surface area contributed by atoms with Crippen molar-refractivity contribution in [2.24, 2.45) is 0 Å². The van der Waals surface area contributed by atoms with E-state index < -0.39 is 6.04 Å². The lowest BCUT2D eigenvalue weighted by Crippen LogP contribution is -2.56. The Hall–Kier alpha value is -3.35. The molecule has 1 aliphatic rings. The van der Waals surface area contributed by atoms with Gasteiger partial charge in [0.1, 0.15) is 24.0 Å². The third kappa shape index (κ3) is 3.94. The normalized spacial score (nSPS) is 16.7. The lowest BCUT2D eigenvalue weighted by Gasteiger charge is -2.34. The van der Waals surface area contributed by atoms with Crippen LogP contribution in [0, 0.1) is 6.92 Å². The summed E-state index contributed by atoms with van der Waals surface area (Å²) >= 11 is 0. The van der Waals surface area contributed by atoms with Crippen LogP contribution in [0.2, 0.25) is 0 Å². The molecule has 1 unspecified atom stereocenters. The highest BCUT2D eigenvalue weighted by atomic mass is 16.5. The maximum atomic E-state index is 13.0. The first-order chi connectivity index (χ1) is 14.0. The fourth-order valence-corrected chi connectivity index (χ4v) is 3.63. The summed E-state index contributed by atoms with van der Waals surface area (Å²) in [6.45, 7) is 5.24. The molecule has 0 saturated carbocycles. The summed E-state index contributed by atoms with van der Waals surface area (Å²) in [5, 5.41) is 2.82. The number of hydrogen-bond acceptors (Lipinski definition) is 4. The zero-order chi connectivity index (χ0) is 20.4. The predicted molar refractivity (Wildman–Crippen MR) is 109 cm³/mol. The summed E-state index contributed by atoms with van der Waals surface area (Å²) in [6.07, 6.45) is 4.54. The molecule has 1 aromatic carbocycles. The molecule has 0 spiro atoms. The van der Waals surface area contributed by atoms with Gasteiger partial charge >= 0.3 is 0 Å². The Morgan fingerprint density at radius 1 is 1.28 bits per heavy atom. The van der Waals surface area contributed by atoms with Crippen LogP contribution in [0.4, 0.5) is 0 Å². The van der Waals surface area contributed by atoms with E-state index in [-0.39, 0.29) is 11.8 Å². The van der Waals surface area contributed by atoms with Crippen molar-refractivity contribution in [3.63, 3.8) is 0 Å². The van der Waals surface area contributed by atoms with E-state index in [0.29, 0.717) is 37.4 Å². The monoisotopic (exact) mass is 392 g/mol. The van der Waals surface area contributed by atoms with Crippen LogP contribution in [0.3, 0.4) is 0 Å². The molecule has 0 radical (unpaired) electrons. The van der Waals surface area contributed by atoms with Crippen molar-refractivity contribution in [3.8, 4) is 5.75 Å². The molecule has 0 aliphatic carbocycles. The quantitative estimate of drug-likeness (QED) is 0.724. The first kappa shape index (κ1) is 19.0. The minimum absolute atomic E-state index is 0.0958. The van der Waals surface area contributed by atoms with Gasteiger partial charge in [-0.1, -0.05) is 19.1 Å². The second kappa shape index (κ2) is 7.95. The van der Waals surface area contributed by atoms with Crippen molar-refractivity contribution in [2.75, 3.05) is 13.1 Å². The number of carbonyl (C=O) groups excluding carboxylic acids is 2. The number of imidazole rings is 1. The first-order valence-corrected chi connectivity index (χ1v) is 9.81. The molecular formula is C22H24N4O3. The molecule has 1 atom stereocenters. The molecule has 0 bridgehead atoms. The first-order valence-electron chi connectivity index (χ1n) is 9.81. The number of amides is 2. The van der Waals surface area contributed by atoms with Crippen LogP contribution in [0.5, 0.6) is 5.75 Å². The van der Waals surface area contributed by atoms with Crippen LogP contribution in [0.15, 0.2) is 48.8 Å². The van der Waals surface area contributed by atoms with E-state index in [1.54, 1.807) is 23.1 Å². The molecule has 4 rings (SSSR count). The van der Waals surface area contributed by atoms with Crippen molar-refractivity contribution in [1.82, 2.24) is 19.6 Å².